The minimum atomic E-state index is -0.776. The molecule has 2 heteroatoms. The molecule has 0 spiro atoms. The summed E-state index contributed by atoms with van der Waals surface area (Å²) in [4.78, 5) is 0. The van der Waals surface area contributed by atoms with Crippen molar-refractivity contribution in [3.05, 3.63) is 12.2 Å². The Hall–Kier alpha value is -0.0100. The van der Waals surface area contributed by atoms with Crippen molar-refractivity contribution in [2.75, 3.05) is 0 Å². The molecule has 1 N–H and O–H groups in total. The first kappa shape index (κ1) is 8.09. The van der Waals surface area contributed by atoms with Crippen LogP contribution in [0.5, 0.6) is 0 Å². The molecule has 0 aromatic carbocycles. The van der Waals surface area contributed by atoms with Gasteiger partial charge >= 0.3 is 0 Å². The van der Waals surface area contributed by atoms with E-state index in [1.807, 2.05) is 6.92 Å². The Bertz CT molecular complexity index is 155. The number of rotatable bonds is 1. The lowest BCUT2D eigenvalue weighted by Crippen LogP contribution is -2.34. The third-order valence-corrected chi connectivity index (χ3v) is 2.85. The van der Waals surface area contributed by atoms with Crippen molar-refractivity contribution in [2.24, 2.45) is 0 Å². The molecule has 0 radical (unpaired) electrons. The fourth-order valence-electron chi connectivity index (χ4n) is 1.43. The molecule has 1 saturated carbocycles. The van der Waals surface area contributed by atoms with E-state index in [4.69, 9.17) is 11.6 Å². The van der Waals surface area contributed by atoms with Crippen molar-refractivity contribution in [1.29, 1.82) is 0 Å². The lowest BCUT2D eigenvalue weighted by molar-refractivity contribution is 0.0902. The quantitative estimate of drug-likeness (QED) is 0.460. The average Bonchev–Trinajstić information content (AvgIpc) is 2.15. The van der Waals surface area contributed by atoms with Crippen LogP contribution >= 0.6 is 11.6 Å². The summed E-state index contributed by atoms with van der Waals surface area (Å²) in [6.07, 6.45) is 2.69. The van der Waals surface area contributed by atoms with Crippen LogP contribution in [0.25, 0.3) is 0 Å². The molecule has 1 fully saturated rings. The third-order valence-electron chi connectivity index (χ3n) is 2.27. The summed E-state index contributed by atoms with van der Waals surface area (Å²) in [6, 6.07) is 0. The third kappa shape index (κ3) is 1.08. The molecule has 0 heterocycles. The van der Waals surface area contributed by atoms with E-state index in [2.05, 4.69) is 6.58 Å². The zero-order valence-corrected chi connectivity index (χ0v) is 6.99. The highest BCUT2D eigenvalue weighted by Crippen LogP contribution is 2.38. The summed E-state index contributed by atoms with van der Waals surface area (Å²) in [5.41, 5.74) is 0.0201. The summed E-state index contributed by atoms with van der Waals surface area (Å²) >= 11 is 5.90. The maximum Gasteiger partial charge on any atom is 0.101 e. The van der Waals surface area contributed by atoms with Crippen LogP contribution in [0.15, 0.2) is 12.2 Å². The van der Waals surface area contributed by atoms with Crippen LogP contribution < -0.4 is 0 Å². The second kappa shape index (κ2) is 2.55. The minimum absolute atomic E-state index is 0.120. The Morgan fingerprint density at radius 3 is 2.60 bits per heavy atom. The summed E-state index contributed by atoms with van der Waals surface area (Å²) in [5.74, 6) is 0. The first-order chi connectivity index (χ1) is 4.57. The predicted molar refractivity (Wildman–Crippen MR) is 43.3 cm³/mol. The normalized spacial score (nSPS) is 40.1. The Labute approximate surface area is 66.7 Å². The number of hydrogen-bond donors (Lipinski definition) is 1. The van der Waals surface area contributed by atoms with Gasteiger partial charge in [0.15, 0.2) is 0 Å². The van der Waals surface area contributed by atoms with Gasteiger partial charge in [0, 0.05) is 0 Å². The summed E-state index contributed by atoms with van der Waals surface area (Å²) in [5, 5.41) is 9.69. The fourth-order valence-corrected chi connectivity index (χ4v) is 1.88. The average molecular weight is 161 g/mol. The zero-order valence-electron chi connectivity index (χ0n) is 6.23. The van der Waals surface area contributed by atoms with Gasteiger partial charge in [0.25, 0.3) is 0 Å². The van der Waals surface area contributed by atoms with Crippen molar-refractivity contribution in [3.8, 4) is 0 Å². The van der Waals surface area contributed by atoms with E-state index in [9.17, 15) is 5.11 Å². The second-order valence-corrected chi connectivity index (χ2v) is 3.59. The first-order valence-corrected chi connectivity index (χ1v) is 4.03. The molecule has 1 aliphatic carbocycles. The molecule has 0 aliphatic heterocycles. The highest BCUT2D eigenvalue weighted by atomic mass is 35.5. The Balaban J connectivity index is 2.75. The van der Waals surface area contributed by atoms with Crippen molar-refractivity contribution in [1.82, 2.24) is 0 Å². The molecule has 1 rings (SSSR count). The summed E-state index contributed by atoms with van der Waals surface area (Å²) in [6.45, 7) is 5.56. The number of hydrogen-bond acceptors (Lipinski definition) is 1. The molecule has 0 unspecified atom stereocenters. The van der Waals surface area contributed by atoms with E-state index in [0.717, 1.165) is 24.8 Å². The van der Waals surface area contributed by atoms with Gasteiger partial charge in [-0.1, -0.05) is 6.58 Å². The molecular weight excluding hydrogens is 148 g/mol. The standard InChI is InChI=1S/C8H13ClO/c1-6(2)8(10)5-3-4-7(8)9/h7,10H,1,3-5H2,2H3/t7-,8-/m0/s1. The van der Waals surface area contributed by atoms with Gasteiger partial charge < -0.3 is 5.11 Å². The molecule has 0 aromatic rings. The van der Waals surface area contributed by atoms with Crippen LogP contribution in [0.2, 0.25) is 0 Å². The number of aliphatic hydroxyl groups is 1. The molecule has 10 heavy (non-hydrogen) atoms. The highest BCUT2D eigenvalue weighted by Gasteiger charge is 2.40. The summed E-state index contributed by atoms with van der Waals surface area (Å²) in [7, 11) is 0. The van der Waals surface area contributed by atoms with Crippen molar-refractivity contribution < 1.29 is 5.11 Å². The van der Waals surface area contributed by atoms with E-state index in [1.165, 1.54) is 0 Å². The highest BCUT2D eigenvalue weighted by molar-refractivity contribution is 6.21. The van der Waals surface area contributed by atoms with Gasteiger partial charge in [-0.25, -0.2) is 0 Å². The monoisotopic (exact) mass is 160 g/mol. The Morgan fingerprint density at radius 2 is 2.40 bits per heavy atom. The van der Waals surface area contributed by atoms with Gasteiger partial charge in [0.05, 0.1) is 5.38 Å². The van der Waals surface area contributed by atoms with Gasteiger partial charge in [-0.2, -0.15) is 0 Å². The molecular formula is C8H13ClO. The molecule has 2 atom stereocenters. The van der Waals surface area contributed by atoms with Crippen LogP contribution in [0.1, 0.15) is 26.2 Å². The first-order valence-electron chi connectivity index (χ1n) is 3.60. The molecule has 0 aromatic heterocycles. The van der Waals surface area contributed by atoms with Crippen LogP contribution in [0, 0.1) is 0 Å². The van der Waals surface area contributed by atoms with E-state index >= 15 is 0 Å². The van der Waals surface area contributed by atoms with Crippen LogP contribution in [0.3, 0.4) is 0 Å². The van der Waals surface area contributed by atoms with Crippen molar-refractivity contribution in [2.45, 2.75) is 37.2 Å². The van der Waals surface area contributed by atoms with Gasteiger partial charge in [-0.3, -0.25) is 0 Å². The van der Waals surface area contributed by atoms with E-state index < -0.39 is 5.60 Å². The fraction of sp³-hybridized carbons (Fsp3) is 0.750. The lowest BCUT2D eigenvalue weighted by atomic mass is 9.94. The number of halogens is 1. The van der Waals surface area contributed by atoms with Gasteiger partial charge in [0.1, 0.15) is 5.60 Å². The van der Waals surface area contributed by atoms with Crippen LogP contribution in [-0.4, -0.2) is 16.1 Å². The lowest BCUT2D eigenvalue weighted by Gasteiger charge is -2.26. The molecule has 58 valence electrons. The van der Waals surface area contributed by atoms with Crippen molar-refractivity contribution in [3.63, 3.8) is 0 Å². The number of alkyl halides is 1. The van der Waals surface area contributed by atoms with Crippen LogP contribution in [0.4, 0.5) is 0 Å². The molecule has 1 nitrogen and oxygen atoms in total. The van der Waals surface area contributed by atoms with Gasteiger partial charge in [-0.15, -0.1) is 11.6 Å². The van der Waals surface area contributed by atoms with Gasteiger partial charge in [-0.05, 0) is 31.8 Å². The summed E-state index contributed by atoms with van der Waals surface area (Å²) < 4.78 is 0. The maximum absolute atomic E-state index is 9.81. The van der Waals surface area contributed by atoms with E-state index in [0.29, 0.717) is 0 Å². The molecule has 0 bridgehead atoms. The predicted octanol–water partition coefficient (Wildman–Crippen LogP) is 2.08. The SMILES string of the molecule is C=C(C)[C@@]1(O)CCC[C@@H]1Cl. The Morgan fingerprint density at radius 1 is 1.80 bits per heavy atom. The molecule has 1 aliphatic rings. The Kier molecular flexibility index (Phi) is 2.07. The van der Waals surface area contributed by atoms with Gasteiger partial charge in [0.2, 0.25) is 0 Å². The minimum Gasteiger partial charge on any atom is -0.384 e. The zero-order chi connectivity index (χ0) is 7.78. The topological polar surface area (TPSA) is 20.2 Å². The van der Waals surface area contributed by atoms with E-state index in [1.54, 1.807) is 0 Å². The largest absolute Gasteiger partial charge is 0.384 e. The molecule has 0 amide bonds. The smallest absolute Gasteiger partial charge is 0.101 e. The second-order valence-electron chi connectivity index (χ2n) is 3.06. The molecule has 0 saturated heterocycles. The van der Waals surface area contributed by atoms with Crippen molar-refractivity contribution >= 4 is 11.6 Å². The van der Waals surface area contributed by atoms with E-state index in [-0.39, 0.29) is 5.38 Å². The maximum atomic E-state index is 9.81. The van der Waals surface area contributed by atoms with Crippen LogP contribution in [-0.2, 0) is 0 Å².